The maximum absolute atomic E-state index is 4.63. The van der Waals surface area contributed by atoms with Crippen molar-refractivity contribution in [3.05, 3.63) is 30.7 Å². The van der Waals surface area contributed by atoms with Gasteiger partial charge in [-0.3, -0.25) is 0 Å². The third kappa shape index (κ3) is 2.93. The molecule has 2 aromatic heterocycles. The predicted octanol–water partition coefficient (Wildman–Crippen LogP) is 1.17. The van der Waals surface area contributed by atoms with Gasteiger partial charge in [-0.2, -0.15) is 4.98 Å². The Hall–Kier alpha value is -2.44. The van der Waals surface area contributed by atoms with E-state index in [2.05, 4.69) is 35.1 Å². The van der Waals surface area contributed by atoms with Gasteiger partial charge in [0.2, 0.25) is 11.9 Å². The van der Waals surface area contributed by atoms with Crippen molar-refractivity contribution in [1.82, 2.24) is 19.9 Å². The highest BCUT2D eigenvalue weighted by atomic mass is 15.3. The second kappa shape index (κ2) is 5.75. The van der Waals surface area contributed by atoms with E-state index in [1.807, 2.05) is 18.3 Å². The largest absolute Gasteiger partial charge is 0.353 e. The number of rotatable bonds is 4. The highest BCUT2D eigenvalue weighted by Gasteiger charge is 2.23. The summed E-state index contributed by atoms with van der Waals surface area (Å²) in [5.74, 6) is 2.54. The molecule has 1 saturated carbocycles. The zero-order valence-corrected chi connectivity index (χ0v) is 12.4. The van der Waals surface area contributed by atoms with Crippen LogP contribution in [-0.4, -0.2) is 52.2 Å². The second-order valence-electron chi connectivity index (χ2n) is 5.68. The Morgan fingerprint density at radius 1 is 0.909 bits per heavy atom. The van der Waals surface area contributed by atoms with Crippen molar-refractivity contribution >= 4 is 17.7 Å². The van der Waals surface area contributed by atoms with E-state index in [4.69, 9.17) is 0 Å². The van der Waals surface area contributed by atoms with E-state index in [9.17, 15) is 0 Å². The average molecular weight is 297 g/mol. The molecular weight excluding hydrogens is 278 g/mol. The van der Waals surface area contributed by atoms with Crippen LogP contribution in [0.1, 0.15) is 12.8 Å². The van der Waals surface area contributed by atoms with Crippen molar-refractivity contribution in [3.8, 4) is 0 Å². The molecule has 0 spiro atoms. The van der Waals surface area contributed by atoms with E-state index in [-0.39, 0.29) is 0 Å². The number of piperazine rings is 1. The summed E-state index contributed by atoms with van der Waals surface area (Å²) in [7, 11) is 0. The number of anilines is 3. The first-order valence-corrected chi connectivity index (χ1v) is 7.75. The molecule has 1 aliphatic carbocycles. The second-order valence-corrected chi connectivity index (χ2v) is 5.68. The van der Waals surface area contributed by atoms with Gasteiger partial charge in [-0.1, -0.05) is 0 Å². The summed E-state index contributed by atoms with van der Waals surface area (Å²) >= 11 is 0. The van der Waals surface area contributed by atoms with Crippen molar-refractivity contribution in [2.45, 2.75) is 18.9 Å². The Labute approximate surface area is 129 Å². The fraction of sp³-hybridized carbons (Fsp3) is 0.467. The third-order valence-electron chi connectivity index (χ3n) is 3.99. The lowest BCUT2D eigenvalue weighted by Gasteiger charge is -2.35. The molecule has 0 amide bonds. The molecule has 3 heterocycles. The topological polar surface area (TPSA) is 70.1 Å². The van der Waals surface area contributed by atoms with Crippen LogP contribution in [0.15, 0.2) is 30.7 Å². The summed E-state index contributed by atoms with van der Waals surface area (Å²) in [6.45, 7) is 3.63. The molecule has 22 heavy (non-hydrogen) atoms. The van der Waals surface area contributed by atoms with Gasteiger partial charge in [-0.15, -0.1) is 0 Å². The van der Waals surface area contributed by atoms with E-state index < -0.39 is 0 Å². The van der Waals surface area contributed by atoms with Gasteiger partial charge >= 0.3 is 0 Å². The zero-order chi connectivity index (χ0) is 14.8. The Balaban J connectivity index is 1.40. The van der Waals surface area contributed by atoms with Crippen molar-refractivity contribution in [1.29, 1.82) is 0 Å². The predicted molar refractivity (Wildman–Crippen MR) is 85.1 cm³/mol. The van der Waals surface area contributed by atoms with Crippen molar-refractivity contribution in [2.24, 2.45) is 0 Å². The van der Waals surface area contributed by atoms with Crippen LogP contribution >= 0.6 is 0 Å². The molecule has 0 radical (unpaired) electrons. The maximum atomic E-state index is 4.63. The maximum Gasteiger partial charge on any atom is 0.225 e. The normalized spacial score (nSPS) is 18.4. The molecule has 1 saturated heterocycles. The highest BCUT2D eigenvalue weighted by molar-refractivity contribution is 5.45. The summed E-state index contributed by atoms with van der Waals surface area (Å²) < 4.78 is 0. The molecular formula is C15H19N7. The number of hydrogen-bond acceptors (Lipinski definition) is 7. The summed E-state index contributed by atoms with van der Waals surface area (Å²) in [5.41, 5.74) is 0. The summed E-state index contributed by atoms with van der Waals surface area (Å²) in [4.78, 5) is 22.1. The number of hydrogen-bond donors (Lipinski definition) is 1. The van der Waals surface area contributed by atoms with E-state index >= 15 is 0 Å². The molecule has 4 rings (SSSR count). The minimum atomic E-state index is 0.572. The Bertz CT molecular complexity index is 621. The molecule has 114 valence electrons. The highest BCUT2D eigenvalue weighted by Crippen LogP contribution is 2.24. The fourth-order valence-corrected chi connectivity index (χ4v) is 2.60. The number of nitrogens with one attached hydrogen (secondary N) is 1. The first-order chi connectivity index (χ1) is 10.9. The van der Waals surface area contributed by atoms with Gasteiger partial charge in [0.25, 0.3) is 0 Å². The van der Waals surface area contributed by atoms with Crippen LogP contribution in [0, 0.1) is 0 Å². The molecule has 1 aliphatic heterocycles. The van der Waals surface area contributed by atoms with Crippen LogP contribution in [0.3, 0.4) is 0 Å². The van der Waals surface area contributed by atoms with E-state index in [1.165, 1.54) is 12.8 Å². The van der Waals surface area contributed by atoms with Crippen LogP contribution in [0.5, 0.6) is 0 Å². The van der Waals surface area contributed by atoms with Gasteiger partial charge in [-0.25, -0.2) is 15.0 Å². The monoisotopic (exact) mass is 297 g/mol. The van der Waals surface area contributed by atoms with Gasteiger partial charge in [0.05, 0.1) is 0 Å². The molecule has 0 aromatic carbocycles. The lowest BCUT2D eigenvalue weighted by Crippen LogP contribution is -2.47. The van der Waals surface area contributed by atoms with Gasteiger partial charge in [0, 0.05) is 50.8 Å². The van der Waals surface area contributed by atoms with Gasteiger partial charge in [-0.05, 0) is 25.0 Å². The smallest absolute Gasteiger partial charge is 0.225 e. The molecule has 2 aliphatic rings. The molecule has 1 N–H and O–H groups in total. The van der Waals surface area contributed by atoms with Crippen LogP contribution in [0.25, 0.3) is 0 Å². The Morgan fingerprint density at radius 2 is 1.64 bits per heavy atom. The van der Waals surface area contributed by atoms with E-state index in [0.29, 0.717) is 6.04 Å². The van der Waals surface area contributed by atoms with E-state index in [0.717, 1.165) is 43.9 Å². The van der Waals surface area contributed by atoms with Crippen molar-refractivity contribution in [3.63, 3.8) is 0 Å². The van der Waals surface area contributed by atoms with Crippen LogP contribution in [0.2, 0.25) is 0 Å². The molecule has 0 unspecified atom stereocenters. The summed E-state index contributed by atoms with van der Waals surface area (Å²) in [6.07, 6.45) is 7.86. The quantitative estimate of drug-likeness (QED) is 0.908. The molecule has 2 fully saturated rings. The van der Waals surface area contributed by atoms with Gasteiger partial charge in [0.1, 0.15) is 5.82 Å². The minimum absolute atomic E-state index is 0.572. The molecule has 0 atom stereocenters. The van der Waals surface area contributed by atoms with Gasteiger partial charge in [0.15, 0.2) is 0 Å². The Morgan fingerprint density at radius 3 is 2.36 bits per heavy atom. The minimum Gasteiger partial charge on any atom is -0.353 e. The van der Waals surface area contributed by atoms with Crippen LogP contribution < -0.4 is 15.1 Å². The SMILES string of the molecule is c1cnc(N2CCN(c3ccnc(NC4CC4)n3)CC2)nc1. The average Bonchev–Trinajstić information content (AvgIpc) is 3.40. The van der Waals surface area contributed by atoms with E-state index in [1.54, 1.807) is 12.4 Å². The molecule has 2 aromatic rings. The zero-order valence-electron chi connectivity index (χ0n) is 12.4. The van der Waals surface area contributed by atoms with Gasteiger partial charge < -0.3 is 15.1 Å². The molecule has 7 nitrogen and oxygen atoms in total. The third-order valence-corrected chi connectivity index (χ3v) is 3.99. The lowest BCUT2D eigenvalue weighted by atomic mass is 10.3. The molecule has 0 bridgehead atoms. The van der Waals surface area contributed by atoms with Crippen LogP contribution in [-0.2, 0) is 0 Å². The standard InChI is InChI=1S/C15H19N7/c1-5-17-15(18-6-1)22-10-8-21(9-11-22)13-4-7-16-14(20-13)19-12-2-3-12/h1,4-7,12H,2-3,8-11H2,(H,16,19,20). The molecule has 7 heteroatoms. The van der Waals surface area contributed by atoms with Crippen molar-refractivity contribution in [2.75, 3.05) is 41.3 Å². The number of aromatic nitrogens is 4. The first kappa shape index (κ1) is 13.2. The van der Waals surface area contributed by atoms with Crippen molar-refractivity contribution < 1.29 is 0 Å². The Kier molecular flexibility index (Phi) is 3.46. The first-order valence-electron chi connectivity index (χ1n) is 7.75. The lowest BCUT2D eigenvalue weighted by molar-refractivity contribution is 0.634. The summed E-state index contributed by atoms with van der Waals surface area (Å²) in [6, 6.07) is 4.39. The number of nitrogens with zero attached hydrogens (tertiary/aromatic N) is 6. The van der Waals surface area contributed by atoms with Crippen LogP contribution in [0.4, 0.5) is 17.7 Å². The summed E-state index contributed by atoms with van der Waals surface area (Å²) in [5, 5.41) is 3.35. The fourth-order valence-electron chi connectivity index (χ4n) is 2.60.